The molecule has 0 unspecified atom stereocenters. The molecule has 0 aliphatic rings. The number of rotatable bonds is 20. The minimum Gasteiger partial charge on any atom is -0.481 e. The maximum atomic E-state index is 9.58. The van der Waals surface area contributed by atoms with Crippen LogP contribution in [0.4, 0.5) is 11.4 Å². The molecule has 0 atom stereocenters. The Morgan fingerprint density at radius 1 is 0.415 bits per heavy atom. The van der Waals surface area contributed by atoms with Gasteiger partial charge in [-0.15, -0.1) is 0 Å². The van der Waals surface area contributed by atoms with Crippen LogP contribution >= 0.6 is 136 Å². The summed E-state index contributed by atoms with van der Waals surface area (Å²) in [6, 6.07) is 0. The number of aliphatic hydroxyl groups is 10. The molecule has 0 aromatic heterocycles. The van der Waals surface area contributed by atoms with Gasteiger partial charge < -0.3 is 71.9 Å². The second kappa shape index (κ2) is 29.2. The summed E-state index contributed by atoms with van der Waals surface area (Å²) in [6.45, 7) is -0.975. The van der Waals surface area contributed by atoms with E-state index in [2.05, 4.69) is 146 Å². The molecule has 304 valence electrons. The van der Waals surface area contributed by atoms with Crippen molar-refractivity contribution >= 4 is 159 Å². The van der Waals surface area contributed by atoms with Gasteiger partial charge in [0.2, 0.25) is 0 Å². The normalized spacial score (nSPS) is 11.1. The highest BCUT2D eigenvalue weighted by molar-refractivity contribution is 14.1. The smallest absolute Gasteiger partial charge is 0.314 e. The van der Waals surface area contributed by atoms with Crippen molar-refractivity contribution in [2.24, 2.45) is 0 Å². The Morgan fingerprint density at radius 3 is 0.755 bits per heavy atom. The standard InChI is InChI=1S/2C14H20I3NO5.C3H4O4/c2*15-11-9(7(3-20)4-21)12(16)14(18-1-2-19)13(17)10(11)8(5-22)6-23;4-2(5)1-3(6)7/h2*7-8,18-23H,1-6H2;1H2,(H,4,5)(H,6,7). The van der Waals surface area contributed by atoms with Gasteiger partial charge in [0.1, 0.15) is 6.42 Å². The zero-order valence-electron chi connectivity index (χ0n) is 28.0. The number of carbonyl (C=O) groups is 2. The Balaban J connectivity index is 0.000000865. The van der Waals surface area contributed by atoms with Gasteiger partial charge in [0.05, 0.1) is 77.4 Å². The van der Waals surface area contributed by atoms with Crippen molar-refractivity contribution in [3.05, 3.63) is 43.7 Å². The van der Waals surface area contributed by atoms with E-state index >= 15 is 0 Å². The van der Waals surface area contributed by atoms with Crippen LogP contribution in [0.2, 0.25) is 0 Å². The van der Waals surface area contributed by atoms with Crippen molar-refractivity contribution in [1.29, 1.82) is 0 Å². The maximum Gasteiger partial charge on any atom is 0.314 e. The van der Waals surface area contributed by atoms with Crippen molar-refractivity contribution in [2.45, 2.75) is 30.1 Å². The van der Waals surface area contributed by atoms with Gasteiger partial charge in [-0.2, -0.15) is 0 Å². The third-order valence-corrected chi connectivity index (χ3v) is 14.1. The molecule has 0 saturated carbocycles. The van der Waals surface area contributed by atoms with E-state index in [-0.39, 0.29) is 66.1 Å². The third-order valence-electron chi connectivity index (χ3n) is 7.30. The lowest BCUT2D eigenvalue weighted by Crippen LogP contribution is -2.21. The van der Waals surface area contributed by atoms with Crippen molar-refractivity contribution < 1.29 is 70.9 Å². The van der Waals surface area contributed by atoms with Crippen LogP contribution in [0.3, 0.4) is 0 Å². The lowest BCUT2D eigenvalue weighted by atomic mass is 9.92. The summed E-state index contributed by atoms with van der Waals surface area (Å²) < 4.78 is 5.08. The highest BCUT2D eigenvalue weighted by Crippen LogP contribution is 2.43. The molecule has 2 rings (SSSR count). The molecule has 2 aromatic carbocycles. The average Bonchev–Trinajstić information content (AvgIpc) is 3.12. The maximum absolute atomic E-state index is 9.58. The molecule has 0 aliphatic carbocycles. The van der Waals surface area contributed by atoms with Gasteiger partial charge >= 0.3 is 11.9 Å². The molecule has 0 spiro atoms. The third kappa shape index (κ3) is 15.9. The lowest BCUT2D eigenvalue weighted by molar-refractivity contribution is -0.147. The van der Waals surface area contributed by atoms with E-state index in [0.29, 0.717) is 13.1 Å². The molecule has 16 nitrogen and oxygen atoms in total. The quantitative estimate of drug-likeness (QED) is 0.0662. The summed E-state index contributed by atoms with van der Waals surface area (Å²) in [5, 5.41) is 117. The van der Waals surface area contributed by atoms with Crippen LogP contribution in [0.5, 0.6) is 0 Å². The number of aliphatic hydroxyl groups excluding tert-OH is 10. The van der Waals surface area contributed by atoms with E-state index in [9.17, 15) is 50.4 Å². The van der Waals surface area contributed by atoms with Gasteiger partial charge in [-0.3, -0.25) is 9.59 Å². The first kappa shape index (κ1) is 54.0. The first-order chi connectivity index (χ1) is 25.1. The van der Waals surface area contributed by atoms with Gasteiger partial charge in [-0.1, -0.05) is 0 Å². The SMILES string of the molecule is O=C(O)CC(=O)O.OCCNc1c(I)c(C(CO)CO)c(I)c(C(CO)CO)c1I.OCCNc1c(I)c(C(CO)CO)c(I)c(C(CO)CO)c1I. The zero-order valence-corrected chi connectivity index (χ0v) is 40.9. The Hall–Kier alpha value is 0.960. The summed E-state index contributed by atoms with van der Waals surface area (Å²) in [6.07, 6.45) is -0.806. The van der Waals surface area contributed by atoms with Crippen LogP contribution in [0, 0.1) is 21.4 Å². The van der Waals surface area contributed by atoms with Gasteiger partial charge in [-0.25, -0.2) is 0 Å². The van der Waals surface area contributed by atoms with Crippen molar-refractivity contribution in [2.75, 3.05) is 89.8 Å². The molecule has 0 heterocycles. The molecule has 0 fully saturated rings. The Labute approximate surface area is 388 Å². The number of nitrogens with one attached hydrogen (secondary N) is 2. The predicted octanol–water partition coefficient (Wildman–Crippen LogP) is 1.63. The minimum atomic E-state index is -1.31. The molecule has 14 N–H and O–H groups in total. The van der Waals surface area contributed by atoms with Gasteiger partial charge in [0.15, 0.2) is 0 Å². The van der Waals surface area contributed by atoms with Crippen molar-refractivity contribution in [1.82, 2.24) is 0 Å². The number of aliphatic carboxylic acids is 2. The fourth-order valence-corrected chi connectivity index (χ4v) is 15.2. The molecule has 0 bridgehead atoms. The number of carboxylic acids is 2. The van der Waals surface area contributed by atoms with E-state index < -0.39 is 42.0 Å². The minimum absolute atomic E-state index is 0.0321. The van der Waals surface area contributed by atoms with Crippen molar-refractivity contribution in [3.63, 3.8) is 0 Å². The second-order valence-electron chi connectivity index (χ2n) is 10.8. The molecule has 0 amide bonds. The van der Waals surface area contributed by atoms with Crippen LogP contribution in [0.1, 0.15) is 52.3 Å². The van der Waals surface area contributed by atoms with E-state index in [4.69, 9.17) is 20.4 Å². The van der Waals surface area contributed by atoms with Gasteiger partial charge in [-0.05, 0) is 158 Å². The number of carboxylic acid groups (broad SMARTS) is 2. The number of hydrogen-bond acceptors (Lipinski definition) is 14. The number of anilines is 2. The molecule has 22 heteroatoms. The summed E-state index contributed by atoms with van der Waals surface area (Å²) in [7, 11) is 0. The molecular weight excluding hydrogens is 1390 g/mol. The monoisotopic (exact) mass is 1430 g/mol. The molecular formula is C31H44I6N2O14. The van der Waals surface area contributed by atoms with E-state index in [0.717, 1.165) is 55.0 Å². The lowest BCUT2D eigenvalue weighted by Gasteiger charge is -2.26. The number of hydrogen-bond donors (Lipinski definition) is 14. The fraction of sp³-hybridized carbons (Fsp3) is 0.548. The van der Waals surface area contributed by atoms with Crippen molar-refractivity contribution in [3.8, 4) is 0 Å². The summed E-state index contributed by atoms with van der Waals surface area (Å²) in [5.41, 5.74) is 4.73. The van der Waals surface area contributed by atoms with Crippen LogP contribution < -0.4 is 10.6 Å². The Bertz CT molecular complexity index is 1260. The van der Waals surface area contributed by atoms with E-state index in [1.54, 1.807) is 0 Å². The van der Waals surface area contributed by atoms with Gasteiger partial charge in [0, 0.05) is 58.2 Å². The summed E-state index contributed by atoms with van der Waals surface area (Å²) in [4.78, 5) is 18.9. The highest BCUT2D eigenvalue weighted by Gasteiger charge is 2.29. The zero-order chi connectivity index (χ0) is 41.0. The fourth-order valence-electron chi connectivity index (χ4n) is 4.60. The topological polar surface area (TPSA) is 301 Å². The van der Waals surface area contributed by atoms with E-state index in [1.165, 1.54) is 0 Å². The number of halogens is 6. The molecule has 0 aliphatic heterocycles. The molecule has 53 heavy (non-hydrogen) atoms. The average molecular weight is 1430 g/mol. The highest BCUT2D eigenvalue weighted by atomic mass is 127. The Kier molecular flexibility index (Phi) is 29.7. The summed E-state index contributed by atoms with van der Waals surface area (Å²) in [5.74, 6) is -4.41. The first-order valence-electron chi connectivity index (χ1n) is 15.5. The number of benzene rings is 2. The molecule has 0 saturated heterocycles. The summed E-state index contributed by atoms with van der Waals surface area (Å²) >= 11 is 12.9. The van der Waals surface area contributed by atoms with Crippen LogP contribution in [0.15, 0.2) is 0 Å². The predicted molar refractivity (Wildman–Crippen MR) is 248 cm³/mol. The van der Waals surface area contributed by atoms with Crippen LogP contribution in [-0.4, -0.2) is 152 Å². The van der Waals surface area contributed by atoms with Crippen LogP contribution in [-0.2, 0) is 9.59 Å². The van der Waals surface area contributed by atoms with Gasteiger partial charge in [0.25, 0.3) is 0 Å². The molecule has 2 aromatic rings. The largest absolute Gasteiger partial charge is 0.481 e. The molecule has 0 radical (unpaired) electrons. The van der Waals surface area contributed by atoms with Crippen LogP contribution in [0.25, 0.3) is 0 Å². The van der Waals surface area contributed by atoms with E-state index in [1.807, 2.05) is 0 Å². The first-order valence-corrected chi connectivity index (χ1v) is 22.0. The second-order valence-corrected chi connectivity index (χ2v) is 17.3. The Morgan fingerprint density at radius 2 is 0.623 bits per heavy atom.